The van der Waals surface area contributed by atoms with Crippen molar-refractivity contribution in [2.45, 2.75) is 38.6 Å². The van der Waals surface area contributed by atoms with Crippen LogP contribution in [0.4, 0.5) is 0 Å². The van der Waals surface area contributed by atoms with E-state index in [1.165, 1.54) is 25.9 Å². The van der Waals surface area contributed by atoms with Gasteiger partial charge in [-0.25, -0.2) is 0 Å². The Hall–Kier alpha value is -1.39. The SMILES string of the molecule is CCN1CCC(CCNC(=O)CC(N)c2ccccc2)CC1. The highest BCUT2D eigenvalue weighted by atomic mass is 16.1. The maximum absolute atomic E-state index is 12.0. The van der Waals surface area contributed by atoms with E-state index in [-0.39, 0.29) is 11.9 Å². The van der Waals surface area contributed by atoms with E-state index in [1.54, 1.807) is 0 Å². The summed E-state index contributed by atoms with van der Waals surface area (Å²) in [5.74, 6) is 0.813. The third kappa shape index (κ3) is 5.43. The smallest absolute Gasteiger partial charge is 0.221 e. The second kappa shape index (κ2) is 8.91. The van der Waals surface area contributed by atoms with Crippen molar-refractivity contribution in [2.75, 3.05) is 26.2 Å². The van der Waals surface area contributed by atoms with E-state index in [0.717, 1.165) is 31.0 Å². The minimum atomic E-state index is -0.214. The second-order valence-electron chi connectivity index (χ2n) is 6.24. The molecule has 4 heteroatoms. The molecular formula is C18H29N3O. The van der Waals surface area contributed by atoms with E-state index in [1.807, 2.05) is 30.3 Å². The van der Waals surface area contributed by atoms with E-state index >= 15 is 0 Å². The Balaban J connectivity index is 1.62. The molecule has 0 saturated carbocycles. The first kappa shape index (κ1) is 17.0. The lowest BCUT2D eigenvalue weighted by Crippen LogP contribution is -2.35. The molecule has 0 aromatic heterocycles. The molecule has 1 aliphatic heterocycles. The summed E-state index contributed by atoms with van der Waals surface area (Å²) in [6.45, 7) is 6.55. The van der Waals surface area contributed by atoms with Crippen LogP contribution in [-0.4, -0.2) is 37.0 Å². The Labute approximate surface area is 134 Å². The molecular weight excluding hydrogens is 274 g/mol. The summed E-state index contributed by atoms with van der Waals surface area (Å²) in [6, 6.07) is 9.60. The van der Waals surface area contributed by atoms with Crippen molar-refractivity contribution in [3.8, 4) is 0 Å². The maximum atomic E-state index is 12.0. The van der Waals surface area contributed by atoms with Gasteiger partial charge in [0.2, 0.25) is 5.91 Å². The summed E-state index contributed by atoms with van der Waals surface area (Å²) < 4.78 is 0. The number of nitrogens with zero attached hydrogens (tertiary/aromatic N) is 1. The van der Waals surface area contributed by atoms with Crippen LogP contribution < -0.4 is 11.1 Å². The van der Waals surface area contributed by atoms with Gasteiger partial charge in [-0.2, -0.15) is 0 Å². The number of likely N-dealkylation sites (tertiary alicyclic amines) is 1. The molecule has 22 heavy (non-hydrogen) atoms. The Kier molecular flexibility index (Phi) is 6.87. The number of rotatable bonds is 7. The summed E-state index contributed by atoms with van der Waals surface area (Å²) in [6.07, 6.45) is 3.96. The van der Waals surface area contributed by atoms with E-state index in [0.29, 0.717) is 6.42 Å². The number of carbonyl (C=O) groups is 1. The number of hydrogen-bond acceptors (Lipinski definition) is 3. The fraction of sp³-hybridized carbons (Fsp3) is 0.611. The lowest BCUT2D eigenvalue weighted by atomic mass is 9.93. The molecule has 1 fully saturated rings. The Morgan fingerprint density at radius 1 is 1.32 bits per heavy atom. The molecule has 122 valence electrons. The van der Waals surface area contributed by atoms with Crippen LogP contribution >= 0.6 is 0 Å². The molecule has 0 spiro atoms. The van der Waals surface area contributed by atoms with Gasteiger partial charge in [0.1, 0.15) is 0 Å². The van der Waals surface area contributed by atoms with E-state index in [2.05, 4.69) is 17.1 Å². The lowest BCUT2D eigenvalue weighted by Gasteiger charge is -2.31. The quantitative estimate of drug-likeness (QED) is 0.812. The van der Waals surface area contributed by atoms with Crippen LogP contribution in [0.2, 0.25) is 0 Å². The molecule has 0 radical (unpaired) electrons. The van der Waals surface area contributed by atoms with Crippen LogP contribution in [0.15, 0.2) is 30.3 Å². The van der Waals surface area contributed by atoms with Crippen LogP contribution in [0.25, 0.3) is 0 Å². The summed E-state index contributed by atoms with van der Waals surface area (Å²) in [5, 5.41) is 3.02. The number of piperidine rings is 1. The minimum absolute atomic E-state index is 0.0577. The largest absolute Gasteiger partial charge is 0.356 e. The van der Waals surface area contributed by atoms with Gasteiger partial charge in [-0.1, -0.05) is 37.3 Å². The number of nitrogens with one attached hydrogen (secondary N) is 1. The van der Waals surface area contributed by atoms with Gasteiger partial charge in [-0.05, 0) is 50.4 Å². The normalized spacial score (nSPS) is 18.1. The van der Waals surface area contributed by atoms with Crippen LogP contribution in [0.1, 0.15) is 44.2 Å². The van der Waals surface area contributed by atoms with Gasteiger partial charge in [0.15, 0.2) is 0 Å². The highest BCUT2D eigenvalue weighted by molar-refractivity contribution is 5.76. The van der Waals surface area contributed by atoms with Crippen molar-refractivity contribution in [1.29, 1.82) is 0 Å². The van der Waals surface area contributed by atoms with Gasteiger partial charge >= 0.3 is 0 Å². The minimum Gasteiger partial charge on any atom is -0.356 e. The van der Waals surface area contributed by atoms with Crippen molar-refractivity contribution >= 4 is 5.91 Å². The van der Waals surface area contributed by atoms with Crippen molar-refractivity contribution in [2.24, 2.45) is 11.7 Å². The fourth-order valence-electron chi connectivity index (χ4n) is 3.10. The zero-order valence-corrected chi connectivity index (χ0v) is 13.6. The highest BCUT2D eigenvalue weighted by Crippen LogP contribution is 2.19. The number of amides is 1. The molecule has 4 nitrogen and oxygen atoms in total. The number of benzene rings is 1. The van der Waals surface area contributed by atoms with Gasteiger partial charge in [0, 0.05) is 19.0 Å². The number of carbonyl (C=O) groups excluding carboxylic acids is 1. The molecule has 0 bridgehead atoms. The van der Waals surface area contributed by atoms with Crippen LogP contribution in [-0.2, 0) is 4.79 Å². The van der Waals surface area contributed by atoms with Gasteiger partial charge in [0.25, 0.3) is 0 Å². The first-order valence-corrected chi connectivity index (χ1v) is 8.48. The van der Waals surface area contributed by atoms with Crippen molar-refractivity contribution in [1.82, 2.24) is 10.2 Å². The molecule has 0 aliphatic carbocycles. The average Bonchev–Trinajstić information content (AvgIpc) is 2.56. The van der Waals surface area contributed by atoms with E-state index < -0.39 is 0 Å². The first-order chi connectivity index (χ1) is 10.7. The van der Waals surface area contributed by atoms with Crippen LogP contribution in [0.5, 0.6) is 0 Å². The molecule has 1 aromatic carbocycles. The topological polar surface area (TPSA) is 58.4 Å². The fourth-order valence-corrected chi connectivity index (χ4v) is 3.10. The van der Waals surface area contributed by atoms with E-state index in [4.69, 9.17) is 5.73 Å². The third-order valence-electron chi connectivity index (χ3n) is 4.66. The standard InChI is InChI=1S/C18H29N3O/c1-2-21-12-9-15(10-13-21)8-11-20-18(22)14-17(19)16-6-4-3-5-7-16/h3-7,15,17H,2,8-14,19H2,1H3,(H,20,22). The predicted octanol–water partition coefficient (Wildman–Crippen LogP) is 2.31. The molecule has 1 aromatic rings. The van der Waals surface area contributed by atoms with Gasteiger partial charge < -0.3 is 16.0 Å². The summed E-state index contributed by atoms with van der Waals surface area (Å²) in [4.78, 5) is 14.5. The zero-order valence-electron chi connectivity index (χ0n) is 13.6. The Bertz CT molecular complexity index is 441. The Morgan fingerprint density at radius 2 is 2.00 bits per heavy atom. The molecule has 3 N–H and O–H groups in total. The second-order valence-corrected chi connectivity index (χ2v) is 6.24. The monoisotopic (exact) mass is 303 g/mol. The number of nitrogens with two attached hydrogens (primary N) is 1. The molecule has 1 amide bonds. The molecule has 1 aliphatic rings. The van der Waals surface area contributed by atoms with Gasteiger partial charge in [-0.15, -0.1) is 0 Å². The van der Waals surface area contributed by atoms with Crippen molar-refractivity contribution in [3.05, 3.63) is 35.9 Å². The average molecular weight is 303 g/mol. The summed E-state index contributed by atoms with van der Waals surface area (Å²) >= 11 is 0. The predicted molar refractivity (Wildman–Crippen MR) is 90.5 cm³/mol. The summed E-state index contributed by atoms with van der Waals surface area (Å²) in [5.41, 5.74) is 7.09. The van der Waals surface area contributed by atoms with Gasteiger partial charge in [-0.3, -0.25) is 4.79 Å². The zero-order chi connectivity index (χ0) is 15.8. The maximum Gasteiger partial charge on any atom is 0.221 e. The summed E-state index contributed by atoms with van der Waals surface area (Å²) in [7, 11) is 0. The van der Waals surface area contributed by atoms with Crippen LogP contribution in [0, 0.1) is 5.92 Å². The third-order valence-corrected chi connectivity index (χ3v) is 4.66. The van der Waals surface area contributed by atoms with Gasteiger partial charge in [0.05, 0.1) is 0 Å². The molecule has 2 rings (SSSR count). The van der Waals surface area contributed by atoms with E-state index in [9.17, 15) is 4.79 Å². The number of hydrogen-bond donors (Lipinski definition) is 2. The molecule has 1 atom stereocenters. The molecule has 1 saturated heterocycles. The highest BCUT2D eigenvalue weighted by Gasteiger charge is 2.18. The molecule has 1 unspecified atom stereocenters. The van der Waals surface area contributed by atoms with Crippen LogP contribution in [0.3, 0.4) is 0 Å². The Morgan fingerprint density at radius 3 is 2.64 bits per heavy atom. The van der Waals surface area contributed by atoms with Crippen molar-refractivity contribution < 1.29 is 4.79 Å². The first-order valence-electron chi connectivity index (χ1n) is 8.48. The lowest BCUT2D eigenvalue weighted by molar-refractivity contribution is -0.121. The van der Waals surface area contributed by atoms with Crippen molar-refractivity contribution in [3.63, 3.8) is 0 Å². The molecule has 1 heterocycles.